The van der Waals surface area contributed by atoms with Crippen molar-refractivity contribution in [2.45, 2.75) is 52.1 Å². The number of hydrogen-bond donors (Lipinski definition) is 1. The van der Waals surface area contributed by atoms with Gasteiger partial charge in [-0.2, -0.15) is 11.3 Å². The monoisotopic (exact) mass is 342 g/mol. The van der Waals surface area contributed by atoms with Gasteiger partial charge in [0.15, 0.2) is 0 Å². The number of carbonyl (C=O) groups is 1. The molecule has 22 heavy (non-hydrogen) atoms. The summed E-state index contributed by atoms with van der Waals surface area (Å²) in [5, 5.41) is 7.72. The van der Waals surface area contributed by atoms with Crippen LogP contribution in [-0.2, 0) is 11.3 Å². The van der Waals surface area contributed by atoms with E-state index in [2.05, 4.69) is 40.9 Å². The van der Waals surface area contributed by atoms with Crippen LogP contribution in [0.3, 0.4) is 0 Å². The maximum atomic E-state index is 12.7. The first-order chi connectivity index (χ1) is 10.1. The molecule has 1 N–H and O–H groups in total. The first kappa shape index (κ1) is 17.8. The Morgan fingerprint density at radius 1 is 1.45 bits per heavy atom. The first-order valence-electron chi connectivity index (χ1n) is 8.12. The van der Waals surface area contributed by atoms with Crippen LogP contribution in [0.2, 0.25) is 0 Å². The lowest BCUT2D eigenvalue weighted by Gasteiger charge is -2.30. The standard InChI is InChI=1S/C17H26N2OS.ClH/c1-13(2)9-16(20)19(11-14-3-8-21-12-14)15-10-17(15)4-6-18-7-5-17;/h3,8,12-13,15,18H,4-7,9-11H2,1-2H3;1H. The molecule has 1 aliphatic carbocycles. The predicted molar refractivity (Wildman–Crippen MR) is 94.5 cm³/mol. The number of carbonyl (C=O) groups excluding carboxylic acids is 1. The lowest BCUT2D eigenvalue weighted by molar-refractivity contribution is -0.133. The minimum atomic E-state index is 0. The molecular formula is C17H27ClN2OS. The maximum Gasteiger partial charge on any atom is 0.223 e. The van der Waals surface area contributed by atoms with Crippen LogP contribution in [0.15, 0.2) is 16.8 Å². The van der Waals surface area contributed by atoms with Crippen molar-refractivity contribution in [3.63, 3.8) is 0 Å². The van der Waals surface area contributed by atoms with E-state index in [1.165, 1.54) is 24.8 Å². The molecule has 1 saturated carbocycles. The summed E-state index contributed by atoms with van der Waals surface area (Å²) in [7, 11) is 0. The van der Waals surface area contributed by atoms with Crippen molar-refractivity contribution in [2.24, 2.45) is 11.3 Å². The van der Waals surface area contributed by atoms with Gasteiger partial charge in [0.25, 0.3) is 0 Å². The highest BCUT2D eigenvalue weighted by Gasteiger charge is 2.57. The number of rotatable bonds is 5. The van der Waals surface area contributed by atoms with Gasteiger partial charge < -0.3 is 10.2 Å². The summed E-state index contributed by atoms with van der Waals surface area (Å²) in [5.74, 6) is 0.779. The van der Waals surface area contributed by atoms with Gasteiger partial charge >= 0.3 is 0 Å². The van der Waals surface area contributed by atoms with E-state index in [0.717, 1.165) is 19.6 Å². The highest BCUT2D eigenvalue weighted by molar-refractivity contribution is 7.07. The molecule has 5 heteroatoms. The summed E-state index contributed by atoms with van der Waals surface area (Å²) >= 11 is 1.72. The largest absolute Gasteiger partial charge is 0.335 e. The molecular weight excluding hydrogens is 316 g/mol. The van der Waals surface area contributed by atoms with E-state index in [-0.39, 0.29) is 12.4 Å². The van der Waals surface area contributed by atoms with Crippen LogP contribution < -0.4 is 5.32 Å². The fraction of sp³-hybridized carbons (Fsp3) is 0.706. The number of hydrogen-bond acceptors (Lipinski definition) is 3. The Hall–Kier alpha value is -0.580. The lowest BCUT2D eigenvalue weighted by atomic mass is 9.93. The quantitative estimate of drug-likeness (QED) is 0.885. The van der Waals surface area contributed by atoms with Gasteiger partial charge in [-0.3, -0.25) is 4.79 Å². The van der Waals surface area contributed by atoms with E-state index in [1.54, 1.807) is 11.3 Å². The van der Waals surface area contributed by atoms with Crippen molar-refractivity contribution >= 4 is 29.7 Å². The van der Waals surface area contributed by atoms with Crippen molar-refractivity contribution in [1.29, 1.82) is 0 Å². The Morgan fingerprint density at radius 3 is 2.77 bits per heavy atom. The molecule has 1 aromatic rings. The third-order valence-electron chi connectivity index (χ3n) is 4.96. The second kappa shape index (κ2) is 7.33. The van der Waals surface area contributed by atoms with E-state index >= 15 is 0 Å². The number of piperidine rings is 1. The molecule has 1 aromatic heterocycles. The van der Waals surface area contributed by atoms with Crippen LogP contribution in [0.5, 0.6) is 0 Å². The van der Waals surface area contributed by atoms with Gasteiger partial charge in [-0.1, -0.05) is 13.8 Å². The molecule has 1 unspecified atom stereocenters. The first-order valence-corrected chi connectivity index (χ1v) is 9.06. The summed E-state index contributed by atoms with van der Waals surface area (Å²) in [6, 6.07) is 2.63. The van der Waals surface area contributed by atoms with Crippen molar-refractivity contribution in [1.82, 2.24) is 10.2 Å². The third kappa shape index (κ3) is 3.84. The number of halogens is 1. The molecule has 0 radical (unpaired) electrons. The van der Waals surface area contributed by atoms with Gasteiger partial charge in [0.1, 0.15) is 0 Å². The highest BCUT2D eigenvalue weighted by Crippen LogP contribution is 2.56. The van der Waals surface area contributed by atoms with Gasteiger partial charge in [0.05, 0.1) is 0 Å². The normalized spacial score (nSPS) is 22.4. The number of nitrogens with zero attached hydrogens (tertiary/aromatic N) is 1. The Labute approximate surface area is 143 Å². The van der Waals surface area contributed by atoms with Gasteiger partial charge in [-0.25, -0.2) is 0 Å². The molecule has 1 saturated heterocycles. The van der Waals surface area contributed by atoms with E-state index < -0.39 is 0 Å². The van der Waals surface area contributed by atoms with Crippen molar-refractivity contribution in [3.05, 3.63) is 22.4 Å². The van der Waals surface area contributed by atoms with Crippen LogP contribution >= 0.6 is 23.7 Å². The molecule has 2 fully saturated rings. The minimum absolute atomic E-state index is 0. The van der Waals surface area contributed by atoms with Gasteiger partial charge in [-0.15, -0.1) is 12.4 Å². The molecule has 3 rings (SSSR count). The van der Waals surface area contributed by atoms with E-state index in [9.17, 15) is 4.79 Å². The zero-order chi connectivity index (χ0) is 14.9. The Balaban J connectivity index is 0.00000176. The topological polar surface area (TPSA) is 32.3 Å². The van der Waals surface area contributed by atoms with Gasteiger partial charge in [-0.05, 0) is 66.1 Å². The zero-order valence-corrected chi connectivity index (χ0v) is 15.1. The summed E-state index contributed by atoms with van der Waals surface area (Å²) in [6.45, 7) is 7.29. The van der Waals surface area contributed by atoms with Crippen molar-refractivity contribution in [3.8, 4) is 0 Å². The summed E-state index contributed by atoms with van der Waals surface area (Å²) in [5.41, 5.74) is 1.71. The average Bonchev–Trinajstić information content (AvgIpc) is 2.88. The maximum absolute atomic E-state index is 12.7. The van der Waals surface area contributed by atoms with Crippen LogP contribution in [-0.4, -0.2) is 29.9 Å². The molecule has 124 valence electrons. The van der Waals surface area contributed by atoms with Crippen molar-refractivity contribution in [2.75, 3.05) is 13.1 Å². The third-order valence-corrected chi connectivity index (χ3v) is 5.69. The predicted octanol–water partition coefficient (Wildman–Crippen LogP) is 3.69. The molecule has 1 amide bonds. The van der Waals surface area contributed by atoms with E-state index in [1.807, 2.05) is 0 Å². The van der Waals surface area contributed by atoms with Crippen LogP contribution in [0.25, 0.3) is 0 Å². The highest BCUT2D eigenvalue weighted by atomic mass is 35.5. The van der Waals surface area contributed by atoms with Crippen LogP contribution in [0.1, 0.15) is 45.1 Å². The molecule has 1 atom stereocenters. The summed E-state index contributed by atoms with van der Waals surface area (Å²) in [6.07, 6.45) is 4.34. The van der Waals surface area contributed by atoms with Gasteiger partial charge in [0, 0.05) is 19.0 Å². The molecule has 2 aliphatic rings. The average molecular weight is 343 g/mol. The minimum Gasteiger partial charge on any atom is -0.335 e. The zero-order valence-electron chi connectivity index (χ0n) is 13.5. The van der Waals surface area contributed by atoms with Crippen LogP contribution in [0, 0.1) is 11.3 Å². The Bertz CT molecular complexity index is 483. The lowest BCUT2D eigenvalue weighted by Crippen LogP contribution is -2.39. The number of thiophene rings is 1. The van der Waals surface area contributed by atoms with E-state index in [0.29, 0.717) is 29.7 Å². The second-order valence-electron chi connectivity index (χ2n) is 7.08. The molecule has 1 aliphatic heterocycles. The molecule has 0 aromatic carbocycles. The number of nitrogens with one attached hydrogen (secondary N) is 1. The molecule has 2 heterocycles. The Kier molecular flexibility index (Phi) is 5.92. The molecule has 0 bridgehead atoms. The number of amides is 1. The fourth-order valence-electron chi connectivity index (χ4n) is 3.65. The van der Waals surface area contributed by atoms with Gasteiger partial charge in [0.2, 0.25) is 5.91 Å². The second-order valence-corrected chi connectivity index (χ2v) is 7.86. The molecule has 3 nitrogen and oxygen atoms in total. The van der Waals surface area contributed by atoms with E-state index in [4.69, 9.17) is 0 Å². The smallest absolute Gasteiger partial charge is 0.223 e. The SMILES string of the molecule is CC(C)CC(=O)N(Cc1ccsc1)C1CC12CCNCC2.Cl. The molecule has 1 spiro atoms. The Morgan fingerprint density at radius 2 is 2.18 bits per heavy atom. The summed E-state index contributed by atoms with van der Waals surface area (Å²) < 4.78 is 0. The fourth-order valence-corrected chi connectivity index (χ4v) is 4.31. The van der Waals surface area contributed by atoms with Crippen LogP contribution in [0.4, 0.5) is 0 Å². The van der Waals surface area contributed by atoms with Crippen molar-refractivity contribution < 1.29 is 4.79 Å². The summed E-state index contributed by atoms with van der Waals surface area (Å²) in [4.78, 5) is 14.9.